The fourth-order valence-electron chi connectivity index (χ4n) is 3.36. The number of benzene rings is 1. The maximum Gasteiger partial charge on any atom is 0.306 e. The van der Waals surface area contributed by atoms with Gasteiger partial charge in [0.2, 0.25) is 0 Å². The minimum Gasteiger partial charge on any atom is -0.466 e. The molecule has 1 aliphatic rings. The maximum atomic E-state index is 11.8. The molecule has 3 aromatic rings. The van der Waals surface area contributed by atoms with Crippen LogP contribution in [0.15, 0.2) is 35.3 Å². The zero-order valence-electron chi connectivity index (χ0n) is 16.3. The third kappa shape index (κ3) is 3.84. The Labute approximate surface area is 178 Å². The summed E-state index contributed by atoms with van der Waals surface area (Å²) in [5, 5.41) is 10.4. The van der Waals surface area contributed by atoms with Gasteiger partial charge in [0.25, 0.3) is 0 Å². The molecule has 1 aliphatic heterocycles. The summed E-state index contributed by atoms with van der Waals surface area (Å²) >= 11 is 8.19. The van der Waals surface area contributed by atoms with Crippen molar-refractivity contribution < 1.29 is 9.53 Å². The lowest BCUT2D eigenvalue weighted by Gasteiger charge is -2.10. The van der Waals surface area contributed by atoms with Crippen molar-refractivity contribution >= 4 is 34.6 Å². The molecule has 2 aromatic heterocycles. The monoisotopic (exact) mass is 428 g/mol. The van der Waals surface area contributed by atoms with E-state index >= 15 is 0 Å². The van der Waals surface area contributed by atoms with E-state index in [2.05, 4.69) is 23.2 Å². The number of hydrogen-bond donors (Lipinski definition) is 0. The molecule has 8 heteroatoms. The molecule has 0 spiro atoms. The maximum absolute atomic E-state index is 11.8. The standard InChI is InChI=1S/C21H21ClN4O2S/c1-3-13-11-15-20(14-7-5-6-8-16(14)22)23-12-18-25-24-17(26(18)21(15)29-13)9-10-19(27)28-4-2/h5-8,11H,3-4,9-10,12H2,1-2H3. The molecule has 6 nitrogen and oxygen atoms in total. The summed E-state index contributed by atoms with van der Waals surface area (Å²) in [6.45, 7) is 4.71. The van der Waals surface area contributed by atoms with Crippen LogP contribution in [-0.4, -0.2) is 33.1 Å². The van der Waals surface area contributed by atoms with Crippen molar-refractivity contribution in [2.75, 3.05) is 6.61 Å². The van der Waals surface area contributed by atoms with Gasteiger partial charge in [-0.1, -0.05) is 36.7 Å². The van der Waals surface area contributed by atoms with Gasteiger partial charge in [0, 0.05) is 27.4 Å². The summed E-state index contributed by atoms with van der Waals surface area (Å²) < 4.78 is 7.10. The number of carbonyl (C=O) groups is 1. The second kappa shape index (κ2) is 8.47. The average molecular weight is 429 g/mol. The molecule has 0 N–H and O–H groups in total. The first-order valence-electron chi connectivity index (χ1n) is 9.64. The van der Waals surface area contributed by atoms with Crippen molar-refractivity contribution in [2.45, 2.75) is 39.7 Å². The Morgan fingerprint density at radius 3 is 2.83 bits per heavy atom. The van der Waals surface area contributed by atoms with E-state index in [1.807, 2.05) is 28.8 Å². The number of hydrogen-bond acceptors (Lipinski definition) is 6. The molecular weight excluding hydrogens is 408 g/mol. The number of nitrogens with zero attached hydrogens (tertiary/aromatic N) is 4. The number of fused-ring (bicyclic) bond motifs is 3. The van der Waals surface area contributed by atoms with Crippen LogP contribution in [-0.2, 0) is 28.9 Å². The third-order valence-electron chi connectivity index (χ3n) is 4.73. The van der Waals surface area contributed by atoms with E-state index in [1.54, 1.807) is 18.3 Å². The molecule has 0 bridgehead atoms. The lowest BCUT2D eigenvalue weighted by atomic mass is 10.0. The highest BCUT2D eigenvalue weighted by atomic mass is 35.5. The van der Waals surface area contributed by atoms with E-state index in [-0.39, 0.29) is 12.4 Å². The second-order valence-electron chi connectivity index (χ2n) is 6.60. The lowest BCUT2D eigenvalue weighted by molar-refractivity contribution is -0.143. The Kier molecular flexibility index (Phi) is 5.78. The minimum absolute atomic E-state index is 0.230. The van der Waals surface area contributed by atoms with Gasteiger partial charge in [-0.05, 0) is 25.5 Å². The molecule has 3 heterocycles. The number of carbonyl (C=O) groups excluding carboxylic acids is 1. The molecule has 0 aliphatic carbocycles. The first kappa shape index (κ1) is 19.8. The van der Waals surface area contributed by atoms with Gasteiger partial charge in [-0.25, -0.2) is 0 Å². The summed E-state index contributed by atoms with van der Waals surface area (Å²) in [7, 11) is 0. The normalized spacial score (nSPS) is 12.7. The highest BCUT2D eigenvalue weighted by molar-refractivity contribution is 7.15. The first-order valence-corrected chi connectivity index (χ1v) is 10.8. The third-order valence-corrected chi connectivity index (χ3v) is 6.33. The molecule has 0 amide bonds. The number of aryl methyl sites for hydroxylation is 2. The van der Waals surface area contributed by atoms with Crippen LogP contribution >= 0.6 is 22.9 Å². The van der Waals surface area contributed by atoms with E-state index in [0.717, 1.165) is 39.9 Å². The second-order valence-corrected chi connectivity index (χ2v) is 8.13. The van der Waals surface area contributed by atoms with E-state index in [9.17, 15) is 4.79 Å². The highest BCUT2D eigenvalue weighted by Crippen LogP contribution is 2.34. The lowest BCUT2D eigenvalue weighted by Crippen LogP contribution is -2.10. The fraction of sp³-hybridized carbons (Fsp3) is 0.333. The first-order chi connectivity index (χ1) is 14.1. The van der Waals surface area contributed by atoms with Crippen LogP contribution in [0.2, 0.25) is 5.02 Å². The van der Waals surface area contributed by atoms with Gasteiger partial charge in [-0.3, -0.25) is 14.4 Å². The van der Waals surface area contributed by atoms with Crippen molar-refractivity contribution in [2.24, 2.45) is 4.99 Å². The molecule has 29 heavy (non-hydrogen) atoms. The predicted molar refractivity (Wildman–Crippen MR) is 114 cm³/mol. The minimum atomic E-state index is -0.230. The molecule has 0 fully saturated rings. The molecule has 0 unspecified atom stereocenters. The fourth-order valence-corrected chi connectivity index (χ4v) is 4.72. The van der Waals surface area contributed by atoms with Crippen LogP contribution in [0.4, 0.5) is 0 Å². The van der Waals surface area contributed by atoms with Gasteiger partial charge in [-0.2, -0.15) is 0 Å². The smallest absolute Gasteiger partial charge is 0.306 e. The van der Waals surface area contributed by atoms with E-state index in [4.69, 9.17) is 21.3 Å². The van der Waals surface area contributed by atoms with Gasteiger partial charge in [0.1, 0.15) is 17.4 Å². The Morgan fingerprint density at radius 1 is 1.24 bits per heavy atom. The Balaban J connectivity index is 1.78. The van der Waals surface area contributed by atoms with Gasteiger partial charge in [0.05, 0.1) is 18.7 Å². The SMILES string of the molecule is CCOC(=O)CCc1nnc2n1-c1sc(CC)cc1C(c1ccccc1Cl)=NC2. The van der Waals surface area contributed by atoms with Crippen molar-refractivity contribution in [3.8, 4) is 5.00 Å². The summed E-state index contributed by atoms with van der Waals surface area (Å²) in [6, 6.07) is 9.92. The van der Waals surface area contributed by atoms with Crippen LogP contribution in [0.25, 0.3) is 5.00 Å². The molecule has 0 atom stereocenters. The number of esters is 1. The van der Waals surface area contributed by atoms with Gasteiger partial charge in [0.15, 0.2) is 5.82 Å². The van der Waals surface area contributed by atoms with Crippen molar-refractivity contribution in [1.82, 2.24) is 14.8 Å². The number of aromatic nitrogens is 3. The van der Waals surface area contributed by atoms with Crippen LogP contribution in [0, 0.1) is 0 Å². The largest absolute Gasteiger partial charge is 0.466 e. The summed E-state index contributed by atoms with van der Waals surface area (Å²) in [6.07, 6.45) is 1.65. The summed E-state index contributed by atoms with van der Waals surface area (Å²) in [5.74, 6) is 1.28. The van der Waals surface area contributed by atoms with Crippen LogP contribution in [0.3, 0.4) is 0 Å². The number of halogens is 1. The van der Waals surface area contributed by atoms with E-state index in [0.29, 0.717) is 24.6 Å². The van der Waals surface area contributed by atoms with E-state index in [1.165, 1.54) is 4.88 Å². The number of rotatable bonds is 6. The molecule has 150 valence electrons. The Morgan fingerprint density at radius 2 is 2.07 bits per heavy atom. The molecule has 0 saturated heterocycles. The summed E-state index contributed by atoms with van der Waals surface area (Å²) in [4.78, 5) is 17.9. The van der Waals surface area contributed by atoms with E-state index < -0.39 is 0 Å². The van der Waals surface area contributed by atoms with Crippen molar-refractivity contribution in [3.63, 3.8) is 0 Å². The van der Waals surface area contributed by atoms with Gasteiger partial charge < -0.3 is 4.74 Å². The number of aliphatic imine (C=N–C) groups is 1. The number of ether oxygens (including phenoxy) is 1. The zero-order valence-corrected chi connectivity index (χ0v) is 17.9. The van der Waals surface area contributed by atoms with Crippen LogP contribution < -0.4 is 0 Å². The highest BCUT2D eigenvalue weighted by Gasteiger charge is 2.26. The Bertz CT molecular complexity index is 1090. The Hall–Kier alpha value is -2.51. The van der Waals surface area contributed by atoms with Crippen molar-refractivity contribution in [1.29, 1.82) is 0 Å². The predicted octanol–water partition coefficient (Wildman–Crippen LogP) is 4.39. The molecule has 0 saturated carbocycles. The molecule has 0 radical (unpaired) electrons. The molecular formula is C21H21ClN4O2S. The topological polar surface area (TPSA) is 69.4 Å². The van der Waals surface area contributed by atoms with Crippen LogP contribution in [0.5, 0.6) is 0 Å². The molecule has 4 rings (SSSR count). The van der Waals surface area contributed by atoms with Crippen LogP contribution in [0.1, 0.15) is 47.9 Å². The van der Waals surface area contributed by atoms with Crippen molar-refractivity contribution in [3.05, 3.63) is 63.0 Å². The van der Waals surface area contributed by atoms with Gasteiger partial charge in [-0.15, -0.1) is 21.5 Å². The quantitative estimate of drug-likeness (QED) is 0.546. The average Bonchev–Trinajstić information content (AvgIpc) is 3.28. The zero-order chi connectivity index (χ0) is 20.4. The summed E-state index contributed by atoms with van der Waals surface area (Å²) in [5.41, 5.74) is 2.79. The number of thiophene rings is 1. The van der Waals surface area contributed by atoms with Gasteiger partial charge >= 0.3 is 5.97 Å². The molecule has 1 aromatic carbocycles.